The molecule has 0 atom stereocenters. The van der Waals surface area contributed by atoms with Gasteiger partial charge >= 0.3 is 11.9 Å². The molecule has 0 aliphatic heterocycles. The second-order valence-electron chi connectivity index (χ2n) is 4.62. The Bertz CT molecular complexity index is 834. The fourth-order valence-electron chi connectivity index (χ4n) is 1.78. The van der Waals surface area contributed by atoms with Crippen molar-refractivity contribution < 1.29 is 41.4 Å². The van der Waals surface area contributed by atoms with Crippen LogP contribution in [-0.4, -0.2) is 17.0 Å². The first kappa shape index (κ1) is 17.4. The van der Waals surface area contributed by atoms with Gasteiger partial charge in [-0.3, -0.25) is 0 Å². The summed E-state index contributed by atoms with van der Waals surface area (Å²) >= 11 is 0. The van der Waals surface area contributed by atoms with Crippen molar-refractivity contribution in [2.45, 2.75) is 6.92 Å². The zero-order valence-electron chi connectivity index (χ0n) is 11.8. The molecular formula is C15H7F5O4. The lowest BCUT2D eigenvalue weighted by Gasteiger charge is -2.10. The van der Waals surface area contributed by atoms with Gasteiger partial charge in [0, 0.05) is 0 Å². The number of aromatic carboxylic acids is 1. The Labute approximate surface area is 131 Å². The fourth-order valence-corrected chi connectivity index (χ4v) is 1.78. The SMILES string of the molecule is Cc1ccc(C(=O)O)cc1OC(=O)c1c(F)c(F)c(F)c(F)c1F. The molecule has 0 bridgehead atoms. The van der Waals surface area contributed by atoms with Crippen LogP contribution in [0.3, 0.4) is 0 Å². The maximum Gasteiger partial charge on any atom is 0.349 e. The van der Waals surface area contributed by atoms with Gasteiger partial charge in [0.1, 0.15) is 11.3 Å². The lowest BCUT2D eigenvalue weighted by Crippen LogP contribution is -2.18. The highest BCUT2D eigenvalue weighted by molar-refractivity contribution is 5.93. The van der Waals surface area contributed by atoms with Crippen LogP contribution in [0.5, 0.6) is 5.75 Å². The minimum absolute atomic E-state index is 0.206. The Kier molecular flexibility index (Phi) is 4.54. The molecule has 0 radical (unpaired) electrons. The standard InChI is InChI=1S/C15H7F5O4/c1-5-2-3-6(14(21)22)4-7(5)24-15(23)8-9(16)11(18)13(20)12(19)10(8)17/h2-4H,1H3,(H,21,22). The van der Waals surface area contributed by atoms with Crippen LogP contribution >= 0.6 is 0 Å². The number of carboxylic acids is 1. The van der Waals surface area contributed by atoms with Crippen molar-refractivity contribution in [2.75, 3.05) is 0 Å². The molecule has 126 valence electrons. The molecule has 2 rings (SSSR count). The van der Waals surface area contributed by atoms with E-state index in [1.54, 1.807) is 0 Å². The number of carboxylic acid groups (broad SMARTS) is 1. The van der Waals surface area contributed by atoms with Crippen molar-refractivity contribution >= 4 is 11.9 Å². The average Bonchev–Trinajstić information content (AvgIpc) is 2.53. The van der Waals surface area contributed by atoms with Gasteiger partial charge in [0.2, 0.25) is 5.82 Å². The molecule has 0 saturated heterocycles. The summed E-state index contributed by atoms with van der Waals surface area (Å²) in [5, 5.41) is 8.84. The van der Waals surface area contributed by atoms with E-state index in [-0.39, 0.29) is 11.1 Å². The van der Waals surface area contributed by atoms with Crippen LogP contribution in [0.2, 0.25) is 0 Å². The number of hydrogen-bond acceptors (Lipinski definition) is 3. The molecule has 0 aromatic heterocycles. The van der Waals surface area contributed by atoms with Crippen molar-refractivity contribution in [1.29, 1.82) is 0 Å². The second-order valence-corrected chi connectivity index (χ2v) is 4.62. The van der Waals surface area contributed by atoms with Crippen LogP contribution in [0.4, 0.5) is 22.0 Å². The molecule has 0 spiro atoms. The topological polar surface area (TPSA) is 63.6 Å². The van der Waals surface area contributed by atoms with E-state index in [4.69, 9.17) is 5.11 Å². The van der Waals surface area contributed by atoms with E-state index < -0.39 is 52.3 Å². The highest BCUT2D eigenvalue weighted by Crippen LogP contribution is 2.26. The maximum atomic E-state index is 13.5. The predicted octanol–water partition coefficient (Wildman–Crippen LogP) is 3.61. The minimum Gasteiger partial charge on any atom is -0.478 e. The number of carbonyl (C=O) groups is 2. The van der Waals surface area contributed by atoms with E-state index >= 15 is 0 Å². The number of carbonyl (C=O) groups excluding carboxylic acids is 1. The third-order valence-electron chi connectivity index (χ3n) is 3.05. The molecular weight excluding hydrogens is 339 g/mol. The minimum atomic E-state index is -2.41. The highest BCUT2D eigenvalue weighted by atomic mass is 19.2. The fraction of sp³-hybridized carbons (Fsp3) is 0.0667. The van der Waals surface area contributed by atoms with Crippen LogP contribution in [-0.2, 0) is 0 Å². The normalized spacial score (nSPS) is 10.6. The van der Waals surface area contributed by atoms with Gasteiger partial charge in [0.05, 0.1) is 5.56 Å². The first-order valence-corrected chi connectivity index (χ1v) is 6.22. The van der Waals surface area contributed by atoms with E-state index in [0.29, 0.717) is 0 Å². The first-order valence-electron chi connectivity index (χ1n) is 6.22. The second kappa shape index (κ2) is 6.26. The Morgan fingerprint density at radius 1 is 0.917 bits per heavy atom. The molecule has 0 aliphatic rings. The first-order chi connectivity index (χ1) is 11.1. The Hall–Kier alpha value is -2.97. The van der Waals surface area contributed by atoms with E-state index in [2.05, 4.69) is 4.74 Å². The summed E-state index contributed by atoms with van der Waals surface area (Å²) in [6, 6.07) is 3.29. The quantitative estimate of drug-likeness (QED) is 0.303. The van der Waals surface area contributed by atoms with Crippen molar-refractivity contribution in [3.63, 3.8) is 0 Å². The molecule has 0 fully saturated rings. The smallest absolute Gasteiger partial charge is 0.349 e. The van der Waals surface area contributed by atoms with Gasteiger partial charge in [-0.1, -0.05) is 6.07 Å². The van der Waals surface area contributed by atoms with E-state index in [9.17, 15) is 31.5 Å². The molecule has 0 saturated carbocycles. The van der Waals surface area contributed by atoms with Crippen molar-refractivity contribution in [3.8, 4) is 5.75 Å². The summed E-state index contributed by atoms with van der Waals surface area (Å²) in [7, 11) is 0. The molecule has 4 nitrogen and oxygen atoms in total. The molecule has 0 aliphatic carbocycles. The summed E-state index contributed by atoms with van der Waals surface area (Å²) in [5.74, 6) is -15.3. The Balaban J connectivity index is 2.49. The number of esters is 1. The zero-order valence-corrected chi connectivity index (χ0v) is 11.8. The van der Waals surface area contributed by atoms with Crippen LogP contribution in [0.25, 0.3) is 0 Å². The predicted molar refractivity (Wildman–Crippen MR) is 69.3 cm³/mol. The van der Waals surface area contributed by atoms with Crippen LogP contribution in [0, 0.1) is 36.0 Å². The van der Waals surface area contributed by atoms with E-state index in [1.165, 1.54) is 19.1 Å². The van der Waals surface area contributed by atoms with Gasteiger partial charge in [-0.15, -0.1) is 0 Å². The summed E-state index contributed by atoms with van der Waals surface area (Å²) < 4.78 is 70.8. The molecule has 2 aromatic rings. The molecule has 0 heterocycles. The van der Waals surface area contributed by atoms with Crippen molar-refractivity contribution in [2.24, 2.45) is 0 Å². The zero-order chi connectivity index (χ0) is 18.2. The van der Waals surface area contributed by atoms with Crippen LogP contribution in [0.1, 0.15) is 26.3 Å². The van der Waals surface area contributed by atoms with Gasteiger partial charge < -0.3 is 9.84 Å². The summed E-state index contributed by atoms with van der Waals surface area (Å²) in [4.78, 5) is 22.7. The molecule has 0 amide bonds. The molecule has 0 unspecified atom stereocenters. The molecule has 9 heteroatoms. The summed E-state index contributed by atoms with van der Waals surface area (Å²) in [6.07, 6.45) is 0. The average molecular weight is 346 g/mol. The van der Waals surface area contributed by atoms with Crippen LogP contribution < -0.4 is 4.74 Å². The lowest BCUT2D eigenvalue weighted by molar-refractivity contribution is 0.0684. The number of aryl methyl sites for hydroxylation is 1. The number of benzene rings is 2. The van der Waals surface area contributed by atoms with Crippen molar-refractivity contribution in [3.05, 3.63) is 64.0 Å². The van der Waals surface area contributed by atoms with E-state index in [0.717, 1.165) is 6.07 Å². The van der Waals surface area contributed by atoms with Gasteiger partial charge in [-0.2, -0.15) is 0 Å². The van der Waals surface area contributed by atoms with Gasteiger partial charge in [-0.05, 0) is 24.6 Å². The lowest BCUT2D eigenvalue weighted by atomic mass is 10.1. The Morgan fingerprint density at radius 2 is 1.42 bits per heavy atom. The summed E-state index contributed by atoms with van der Waals surface area (Å²) in [6.45, 7) is 1.38. The number of hydrogen-bond donors (Lipinski definition) is 1. The third-order valence-corrected chi connectivity index (χ3v) is 3.05. The van der Waals surface area contributed by atoms with Crippen molar-refractivity contribution in [1.82, 2.24) is 0 Å². The van der Waals surface area contributed by atoms with Gasteiger partial charge in [0.15, 0.2) is 23.3 Å². The molecule has 24 heavy (non-hydrogen) atoms. The highest BCUT2D eigenvalue weighted by Gasteiger charge is 2.31. The Morgan fingerprint density at radius 3 is 1.92 bits per heavy atom. The number of halogens is 5. The largest absolute Gasteiger partial charge is 0.478 e. The van der Waals surface area contributed by atoms with E-state index in [1.807, 2.05) is 0 Å². The van der Waals surface area contributed by atoms with Gasteiger partial charge in [-0.25, -0.2) is 31.5 Å². The number of rotatable bonds is 3. The molecule has 2 aromatic carbocycles. The molecule has 1 N–H and O–H groups in total. The third kappa shape index (κ3) is 2.92. The monoisotopic (exact) mass is 346 g/mol. The van der Waals surface area contributed by atoms with Gasteiger partial charge in [0.25, 0.3) is 0 Å². The van der Waals surface area contributed by atoms with Crippen LogP contribution in [0.15, 0.2) is 18.2 Å². The maximum absolute atomic E-state index is 13.5. The number of ether oxygens (including phenoxy) is 1. The summed E-state index contributed by atoms with van der Waals surface area (Å²) in [5.41, 5.74) is -1.87.